The van der Waals surface area contributed by atoms with E-state index in [1.54, 1.807) is 28.9 Å². The third-order valence-electron chi connectivity index (χ3n) is 2.55. The van der Waals surface area contributed by atoms with Crippen molar-refractivity contribution in [2.24, 2.45) is 0 Å². The number of rotatable bonds is 7. The van der Waals surface area contributed by atoms with Gasteiger partial charge in [0.05, 0.1) is 0 Å². The van der Waals surface area contributed by atoms with Crippen molar-refractivity contribution in [1.29, 1.82) is 0 Å². The Labute approximate surface area is 113 Å². The highest BCUT2D eigenvalue weighted by Crippen LogP contribution is 2.09. The molecule has 0 aromatic carbocycles. The van der Waals surface area contributed by atoms with Crippen LogP contribution in [0.1, 0.15) is 23.8 Å². The SMILES string of the molecule is CCNc1ccnc(C(=O)N(C)CCCSC)c1. The van der Waals surface area contributed by atoms with Crippen LogP contribution < -0.4 is 5.32 Å². The summed E-state index contributed by atoms with van der Waals surface area (Å²) < 4.78 is 0. The van der Waals surface area contributed by atoms with E-state index in [9.17, 15) is 4.79 Å². The number of carbonyl (C=O) groups excluding carboxylic acids is 1. The van der Waals surface area contributed by atoms with Gasteiger partial charge < -0.3 is 10.2 Å². The van der Waals surface area contributed by atoms with E-state index in [2.05, 4.69) is 16.6 Å². The minimum absolute atomic E-state index is 0.0177. The Kier molecular flexibility index (Phi) is 6.57. The third-order valence-corrected chi connectivity index (χ3v) is 3.25. The van der Waals surface area contributed by atoms with E-state index < -0.39 is 0 Å². The van der Waals surface area contributed by atoms with Crippen LogP contribution in [0.15, 0.2) is 18.3 Å². The highest BCUT2D eigenvalue weighted by molar-refractivity contribution is 7.98. The molecule has 0 spiro atoms. The summed E-state index contributed by atoms with van der Waals surface area (Å²) in [7, 11) is 1.82. The normalized spacial score (nSPS) is 10.2. The van der Waals surface area contributed by atoms with Crippen LogP contribution in [0, 0.1) is 0 Å². The average Bonchev–Trinajstić information content (AvgIpc) is 2.39. The Morgan fingerprint density at radius 1 is 1.56 bits per heavy atom. The highest BCUT2D eigenvalue weighted by Gasteiger charge is 2.12. The minimum Gasteiger partial charge on any atom is -0.385 e. The van der Waals surface area contributed by atoms with Gasteiger partial charge in [0.25, 0.3) is 5.91 Å². The maximum Gasteiger partial charge on any atom is 0.272 e. The van der Waals surface area contributed by atoms with Gasteiger partial charge in [0.15, 0.2) is 0 Å². The predicted octanol–water partition coefficient (Wildman–Crippen LogP) is 2.34. The van der Waals surface area contributed by atoms with Crippen LogP contribution in [-0.2, 0) is 0 Å². The van der Waals surface area contributed by atoms with Crippen molar-refractivity contribution in [3.63, 3.8) is 0 Å². The molecule has 0 saturated heterocycles. The summed E-state index contributed by atoms with van der Waals surface area (Å²) in [4.78, 5) is 18.0. The molecule has 4 nitrogen and oxygen atoms in total. The maximum absolute atomic E-state index is 12.1. The minimum atomic E-state index is -0.0177. The Hall–Kier alpha value is -1.23. The van der Waals surface area contributed by atoms with Gasteiger partial charge >= 0.3 is 0 Å². The van der Waals surface area contributed by atoms with Crippen LogP contribution >= 0.6 is 11.8 Å². The van der Waals surface area contributed by atoms with Crippen LogP contribution in [0.5, 0.6) is 0 Å². The van der Waals surface area contributed by atoms with Crippen LogP contribution in [0.25, 0.3) is 0 Å². The molecule has 0 atom stereocenters. The number of carbonyl (C=O) groups is 1. The molecule has 0 aliphatic heterocycles. The number of nitrogens with zero attached hydrogens (tertiary/aromatic N) is 2. The summed E-state index contributed by atoms with van der Waals surface area (Å²) in [5.41, 5.74) is 1.44. The van der Waals surface area contributed by atoms with Crippen LogP contribution in [0.2, 0.25) is 0 Å². The summed E-state index contributed by atoms with van der Waals surface area (Å²) in [6.45, 7) is 3.63. The second-order valence-corrected chi connectivity index (χ2v) is 5.02. The van der Waals surface area contributed by atoms with Gasteiger partial charge in [-0.1, -0.05) is 0 Å². The molecule has 0 bridgehead atoms. The molecule has 18 heavy (non-hydrogen) atoms. The average molecular weight is 267 g/mol. The molecule has 5 heteroatoms. The van der Waals surface area contributed by atoms with Gasteiger partial charge in [-0.05, 0) is 37.5 Å². The lowest BCUT2D eigenvalue weighted by Gasteiger charge is -2.16. The van der Waals surface area contributed by atoms with E-state index in [0.717, 1.165) is 31.0 Å². The van der Waals surface area contributed by atoms with Crippen molar-refractivity contribution >= 4 is 23.4 Å². The van der Waals surface area contributed by atoms with E-state index in [0.29, 0.717) is 5.69 Å². The number of amides is 1. The maximum atomic E-state index is 12.1. The summed E-state index contributed by atoms with van der Waals surface area (Å²) in [6, 6.07) is 3.67. The molecule has 1 heterocycles. The van der Waals surface area contributed by atoms with E-state index >= 15 is 0 Å². The van der Waals surface area contributed by atoms with Gasteiger partial charge in [0, 0.05) is 32.0 Å². The molecule has 1 aromatic rings. The Bertz CT molecular complexity index is 384. The Balaban J connectivity index is 2.62. The number of nitrogens with one attached hydrogen (secondary N) is 1. The van der Waals surface area contributed by atoms with Gasteiger partial charge in [-0.15, -0.1) is 0 Å². The predicted molar refractivity (Wildman–Crippen MR) is 78.4 cm³/mol. The van der Waals surface area contributed by atoms with Crippen LogP contribution in [0.3, 0.4) is 0 Å². The number of anilines is 1. The molecule has 1 amide bonds. The van der Waals surface area contributed by atoms with Gasteiger partial charge in [-0.2, -0.15) is 11.8 Å². The Morgan fingerprint density at radius 2 is 2.33 bits per heavy atom. The Morgan fingerprint density at radius 3 is 3.00 bits per heavy atom. The summed E-state index contributed by atoms with van der Waals surface area (Å²) >= 11 is 1.80. The summed E-state index contributed by atoms with van der Waals surface area (Å²) in [5.74, 6) is 1.05. The number of thioether (sulfide) groups is 1. The number of pyridine rings is 1. The fourth-order valence-electron chi connectivity index (χ4n) is 1.60. The van der Waals surface area contributed by atoms with Gasteiger partial charge in [-0.3, -0.25) is 9.78 Å². The van der Waals surface area contributed by atoms with Crippen molar-refractivity contribution in [1.82, 2.24) is 9.88 Å². The third kappa shape index (κ3) is 4.56. The lowest BCUT2D eigenvalue weighted by Crippen LogP contribution is -2.28. The monoisotopic (exact) mass is 267 g/mol. The quantitative estimate of drug-likeness (QED) is 0.770. The molecule has 0 aliphatic rings. The zero-order valence-electron chi connectivity index (χ0n) is 11.3. The van der Waals surface area contributed by atoms with Crippen molar-refractivity contribution in [3.8, 4) is 0 Å². The summed E-state index contributed by atoms with van der Waals surface area (Å²) in [5, 5.41) is 3.18. The zero-order chi connectivity index (χ0) is 13.4. The lowest BCUT2D eigenvalue weighted by atomic mass is 10.3. The molecule has 0 saturated carbocycles. The topological polar surface area (TPSA) is 45.2 Å². The van der Waals surface area contributed by atoms with E-state index in [1.165, 1.54) is 0 Å². The van der Waals surface area contributed by atoms with E-state index in [1.807, 2.05) is 20.0 Å². The molecule has 0 unspecified atom stereocenters. The fourth-order valence-corrected chi connectivity index (χ4v) is 2.02. The first kappa shape index (κ1) is 14.8. The van der Waals surface area contributed by atoms with Crippen LogP contribution in [0.4, 0.5) is 5.69 Å². The van der Waals surface area contributed by atoms with Crippen molar-refractivity contribution in [2.45, 2.75) is 13.3 Å². The zero-order valence-corrected chi connectivity index (χ0v) is 12.1. The van der Waals surface area contributed by atoms with Gasteiger partial charge in [0.2, 0.25) is 0 Å². The van der Waals surface area contributed by atoms with Gasteiger partial charge in [0.1, 0.15) is 5.69 Å². The smallest absolute Gasteiger partial charge is 0.272 e. The standard InChI is InChI=1S/C13H21N3OS/c1-4-14-11-6-7-15-12(10-11)13(17)16(2)8-5-9-18-3/h6-7,10H,4-5,8-9H2,1-3H3,(H,14,15). The number of aromatic nitrogens is 1. The molecule has 0 radical (unpaired) electrons. The first-order chi connectivity index (χ1) is 8.69. The molecule has 1 rings (SSSR count). The molecule has 1 N–H and O–H groups in total. The van der Waals surface area contributed by atoms with Crippen molar-refractivity contribution < 1.29 is 4.79 Å². The lowest BCUT2D eigenvalue weighted by molar-refractivity contribution is 0.0790. The highest BCUT2D eigenvalue weighted by atomic mass is 32.2. The van der Waals surface area contributed by atoms with E-state index in [-0.39, 0.29) is 5.91 Å². The van der Waals surface area contributed by atoms with Crippen LogP contribution in [-0.4, -0.2) is 47.9 Å². The second kappa shape index (κ2) is 7.97. The summed E-state index contributed by atoms with van der Waals surface area (Å²) in [6.07, 6.45) is 4.75. The van der Waals surface area contributed by atoms with Gasteiger partial charge in [-0.25, -0.2) is 0 Å². The fraction of sp³-hybridized carbons (Fsp3) is 0.538. The number of hydrogen-bond donors (Lipinski definition) is 1. The first-order valence-electron chi connectivity index (χ1n) is 6.13. The molecular formula is C13H21N3OS. The molecule has 1 aromatic heterocycles. The van der Waals surface area contributed by atoms with Crippen molar-refractivity contribution in [3.05, 3.63) is 24.0 Å². The molecule has 0 fully saturated rings. The molecular weight excluding hydrogens is 246 g/mol. The second-order valence-electron chi connectivity index (χ2n) is 4.03. The first-order valence-corrected chi connectivity index (χ1v) is 7.52. The number of hydrogen-bond acceptors (Lipinski definition) is 4. The largest absolute Gasteiger partial charge is 0.385 e. The molecule has 0 aliphatic carbocycles. The van der Waals surface area contributed by atoms with Crippen molar-refractivity contribution in [2.75, 3.05) is 37.5 Å². The molecule has 100 valence electrons. The van der Waals surface area contributed by atoms with E-state index in [4.69, 9.17) is 0 Å².